The van der Waals surface area contributed by atoms with Gasteiger partial charge in [-0.3, -0.25) is 19.3 Å². The van der Waals surface area contributed by atoms with E-state index in [-0.39, 0.29) is 6.54 Å². The number of carbonyl (C=O) groups is 4. The van der Waals surface area contributed by atoms with E-state index in [1.54, 1.807) is 45.0 Å². The number of imide groups is 1. The van der Waals surface area contributed by atoms with Crippen LogP contribution in [0.4, 0.5) is 4.79 Å². The normalized spacial score (nSPS) is 13.7. The summed E-state index contributed by atoms with van der Waals surface area (Å²) in [7, 11) is 0. The van der Waals surface area contributed by atoms with Crippen LogP contribution in [-0.2, 0) is 25.7 Å². The van der Waals surface area contributed by atoms with Crippen molar-refractivity contribution in [2.24, 2.45) is 0 Å². The molecule has 138 valence electrons. The molecule has 0 bridgehead atoms. The van der Waals surface area contributed by atoms with E-state index in [0.29, 0.717) is 0 Å². The van der Waals surface area contributed by atoms with E-state index in [2.05, 4.69) is 5.43 Å². The summed E-state index contributed by atoms with van der Waals surface area (Å²) in [5, 5.41) is 1.03. The summed E-state index contributed by atoms with van der Waals surface area (Å²) in [6.45, 7) is 4.67. The first kappa shape index (κ1) is 19.2. The standard InChI is InChI=1S/C18H21N3O5/c1-18(2,3)26-17(25)19-21(11-13-7-5-4-6-8-13)16(24)12-20-14(22)9-10-15(20)23/h4-10H,11-12H2,1-3H3,(H,19,25). The molecule has 1 N–H and O–H groups in total. The molecule has 1 aromatic rings. The summed E-state index contributed by atoms with van der Waals surface area (Å²) in [4.78, 5) is 48.7. The first-order valence-corrected chi connectivity index (χ1v) is 8.03. The Labute approximate surface area is 151 Å². The third-order valence-corrected chi connectivity index (χ3v) is 3.30. The Morgan fingerprint density at radius 2 is 1.65 bits per heavy atom. The maximum atomic E-state index is 12.6. The van der Waals surface area contributed by atoms with E-state index in [9.17, 15) is 19.2 Å². The predicted octanol–water partition coefficient (Wildman–Crippen LogP) is 1.38. The highest BCUT2D eigenvalue weighted by Crippen LogP contribution is 2.10. The molecule has 8 nitrogen and oxygen atoms in total. The van der Waals surface area contributed by atoms with Gasteiger partial charge in [-0.2, -0.15) is 0 Å². The Hall–Kier alpha value is -3.16. The Morgan fingerprint density at radius 1 is 1.08 bits per heavy atom. The minimum atomic E-state index is -0.806. The summed E-state index contributed by atoms with van der Waals surface area (Å²) < 4.78 is 5.16. The minimum absolute atomic E-state index is 0.0581. The summed E-state index contributed by atoms with van der Waals surface area (Å²) in [6, 6.07) is 8.98. The lowest BCUT2D eigenvalue weighted by Crippen LogP contribution is -2.51. The van der Waals surface area contributed by atoms with Crippen molar-refractivity contribution in [3.63, 3.8) is 0 Å². The second kappa shape index (κ2) is 7.81. The van der Waals surface area contributed by atoms with Gasteiger partial charge in [-0.25, -0.2) is 15.2 Å². The van der Waals surface area contributed by atoms with Crippen LogP contribution in [0.2, 0.25) is 0 Å². The average molecular weight is 359 g/mol. The Bertz CT molecular complexity index is 719. The maximum Gasteiger partial charge on any atom is 0.426 e. The van der Waals surface area contributed by atoms with Crippen LogP contribution in [0.25, 0.3) is 0 Å². The lowest BCUT2D eigenvalue weighted by Gasteiger charge is -2.27. The van der Waals surface area contributed by atoms with Crippen LogP contribution in [-0.4, -0.2) is 45.9 Å². The molecule has 4 amide bonds. The zero-order valence-corrected chi connectivity index (χ0v) is 14.9. The number of benzene rings is 1. The molecule has 1 heterocycles. The smallest absolute Gasteiger partial charge is 0.426 e. The van der Waals surface area contributed by atoms with Crippen molar-refractivity contribution in [2.45, 2.75) is 32.9 Å². The predicted molar refractivity (Wildman–Crippen MR) is 92.2 cm³/mol. The molecule has 0 spiro atoms. The first-order valence-electron chi connectivity index (χ1n) is 8.03. The van der Waals surface area contributed by atoms with Gasteiger partial charge >= 0.3 is 6.09 Å². The fourth-order valence-electron chi connectivity index (χ4n) is 2.17. The monoisotopic (exact) mass is 359 g/mol. The van der Waals surface area contributed by atoms with E-state index >= 15 is 0 Å². The van der Waals surface area contributed by atoms with Gasteiger partial charge < -0.3 is 4.74 Å². The molecular weight excluding hydrogens is 338 g/mol. The molecule has 2 rings (SSSR count). The number of nitrogens with one attached hydrogen (secondary N) is 1. The van der Waals surface area contributed by atoms with Gasteiger partial charge in [-0.05, 0) is 26.3 Å². The van der Waals surface area contributed by atoms with Gasteiger partial charge in [0.1, 0.15) is 12.1 Å². The molecule has 1 aliphatic heterocycles. The van der Waals surface area contributed by atoms with Crippen LogP contribution in [0.5, 0.6) is 0 Å². The summed E-state index contributed by atoms with van der Waals surface area (Å²) >= 11 is 0. The van der Waals surface area contributed by atoms with Crippen LogP contribution >= 0.6 is 0 Å². The number of carbonyl (C=O) groups excluding carboxylic acids is 4. The Kier molecular flexibility index (Phi) is 5.76. The van der Waals surface area contributed by atoms with Gasteiger partial charge in [-0.1, -0.05) is 30.3 Å². The average Bonchev–Trinajstić information content (AvgIpc) is 2.85. The van der Waals surface area contributed by atoms with E-state index in [4.69, 9.17) is 4.74 Å². The number of ether oxygens (including phenoxy) is 1. The van der Waals surface area contributed by atoms with Gasteiger partial charge in [-0.15, -0.1) is 0 Å². The number of hydrogen-bond donors (Lipinski definition) is 1. The molecular formula is C18H21N3O5. The Balaban J connectivity index is 2.11. The lowest BCUT2D eigenvalue weighted by atomic mass is 10.2. The van der Waals surface area contributed by atoms with Crippen LogP contribution in [0.1, 0.15) is 26.3 Å². The van der Waals surface area contributed by atoms with E-state index in [1.807, 2.05) is 6.07 Å². The minimum Gasteiger partial charge on any atom is -0.443 e. The van der Waals surface area contributed by atoms with Gasteiger partial charge in [0.15, 0.2) is 0 Å². The van der Waals surface area contributed by atoms with Crippen molar-refractivity contribution < 1.29 is 23.9 Å². The topological polar surface area (TPSA) is 96.0 Å². The zero-order chi connectivity index (χ0) is 19.3. The largest absolute Gasteiger partial charge is 0.443 e. The van der Waals surface area contributed by atoms with Crippen LogP contribution in [0.3, 0.4) is 0 Å². The number of hydrazine groups is 1. The van der Waals surface area contributed by atoms with Crippen LogP contribution < -0.4 is 5.43 Å². The van der Waals surface area contributed by atoms with Gasteiger partial charge in [0.05, 0.1) is 6.54 Å². The molecule has 0 atom stereocenters. The van der Waals surface area contributed by atoms with Gasteiger partial charge in [0.2, 0.25) is 0 Å². The van der Waals surface area contributed by atoms with Crippen molar-refractivity contribution in [1.29, 1.82) is 0 Å². The second-order valence-corrected chi connectivity index (χ2v) is 6.68. The number of hydrogen-bond acceptors (Lipinski definition) is 5. The molecule has 0 radical (unpaired) electrons. The summed E-state index contributed by atoms with van der Waals surface area (Å²) in [5.74, 6) is -1.76. The van der Waals surface area contributed by atoms with Crippen molar-refractivity contribution in [2.75, 3.05) is 6.54 Å². The molecule has 0 aliphatic carbocycles. The lowest BCUT2D eigenvalue weighted by molar-refractivity contribution is -0.146. The highest BCUT2D eigenvalue weighted by atomic mass is 16.6. The van der Waals surface area contributed by atoms with Crippen molar-refractivity contribution in [3.05, 3.63) is 48.0 Å². The molecule has 0 fully saturated rings. The second-order valence-electron chi connectivity index (χ2n) is 6.68. The van der Waals surface area contributed by atoms with E-state index < -0.39 is 36.0 Å². The number of nitrogens with zero attached hydrogens (tertiary/aromatic N) is 2. The quantitative estimate of drug-likeness (QED) is 0.647. The van der Waals surface area contributed by atoms with Crippen molar-refractivity contribution in [3.8, 4) is 0 Å². The third-order valence-electron chi connectivity index (χ3n) is 3.30. The molecule has 26 heavy (non-hydrogen) atoms. The fraction of sp³-hybridized carbons (Fsp3) is 0.333. The van der Waals surface area contributed by atoms with E-state index in [0.717, 1.165) is 27.6 Å². The van der Waals surface area contributed by atoms with Crippen LogP contribution in [0, 0.1) is 0 Å². The summed E-state index contributed by atoms with van der Waals surface area (Å²) in [6.07, 6.45) is 1.38. The van der Waals surface area contributed by atoms with Crippen molar-refractivity contribution in [1.82, 2.24) is 15.3 Å². The highest BCUT2D eigenvalue weighted by molar-refractivity contribution is 6.14. The molecule has 0 aromatic heterocycles. The molecule has 1 aliphatic rings. The Morgan fingerprint density at radius 3 is 2.19 bits per heavy atom. The number of rotatable bonds is 4. The first-order chi connectivity index (χ1) is 12.2. The molecule has 0 unspecified atom stereocenters. The molecule has 8 heteroatoms. The third kappa shape index (κ3) is 5.44. The highest BCUT2D eigenvalue weighted by Gasteiger charge is 2.29. The summed E-state index contributed by atoms with van der Waals surface area (Å²) in [5.41, 5.74) is 2.40. The SMILES string of the molecule is CC(C)(C)OC(=O)NN(Cc1ccccc1)C(=O)CN1C(=O)C=CC1=O. The van der Waals surface area contributed by atoms with Crippen LogP contribution in [0.15, 0.2) is 42.5 Å². The van der Waals surface area contributed by atoms with Crippen molar-refractivity contribution >= 4 is 23.8 Å². The fourth-order valence-corrected chi connectivity index (χ4v) is 2.17. The molecule has 0 saturated heterocycles. The van der Waals surface area contributed by atoms with Gasteiger partial charge in [0.25, 0.3) is 17.7 Å². The number of amides is 4. The van der Waals surface area contributed by atoms with Gasteiger partial charge in [0, 0.05) is 12.2 Å². The molecule has 0 saturated carbocycles. The maximum absolute atomic E-state index is 12.6. The molecule has 1 aromatic carbocycles. The van der Waals surface area contributed by atoms with E-state index in [1.165, 1.54) is 0 Å². The zero-order valence-electron chi connectivity index (χ0n) is 14.9.